The molecule has 0 aliphatic rings. The van der Waals surface area contributed by atoms with Crippen LogP contribution in [0.15, 0.2) is 200 Å². The van der Waals surface area contributed by atoms with E-state index in [9.17, 15) is 0 Å². The van der Waals surface area contributed by atoms with Crippen molar-refractivity contribution < 1.29 is 0 Å². The Bertz CT molecular complexity index is 3510. The van der Waals surface area contributed by atoms with Gasteiger partial charge in [-0.15, -0.1) is 0 Å². The Kier molecular flexibility index (Phi) is 7.16. The van der Waals surface area contributed by atoms with Gasteiger partial charge in [-0.3, -0.25) is 0 Å². The van der Waals surface area contributed by atoms with Crippen LogP contribution in [0, 0.1) is 0 Å². The summed E-state index contributed by atoms with van der Waals surface area (Å²) in [6.45, 7) is 0. The summed E-state index contributed by atoms with van der Waals surface area (Å²) in [5, 5.41) is 7.47. The number of rotatable bonds is 5. The highest BCUT2D eigenvalue weighted by molar-refractivity contribution is 6.27. The second-order valence-corrected chi connectivity index (χ2v) is 14.8. The van der Waals surface area contributed by atoms with Crippen molar-refractivity contribution in [2.24, 2.45) is 0 Å². The molecular formula is C53H33N5. The van der Waals surface area contributed by atoms with Gasteiger partial charge in [0.1, 0.15) is 0 Å². The molecule has 8 aromatic carbocycles. The molecule has 58 heavy (non-hydrogen) atoms. The molecule has 0 N–H and O–H groups in total. The zero-order valence-corrected chi connectivity index (χ0v) is 31.3. The fourth-order valence-corrected chi connectivity index (χ4v) is 8.91. The monoisotopic (exact) mass is 739 g/mol. The normalized spacial score (nSPS) is 11.8. The van der Waals surface area contributed by atoms with Gasteiger partial charge in [-0.2, -0.15) is 0 Å². The van der Waals surface area contributed by atoms with Crippen LogP contribution in [-0.4, -0.2) is 23.9 Å². The van der Waals surface area contributed by atoms with Crippen LogP contribution in [0.25, 0.3) is 111 Å². The molecule has 270 valence electrons. The van der Waals surface area contributed by atoms with Gasteiger partial charge in [-0.1, -0.05) is 158 Å². The molecule has 0 unspecified atom stereocenters. The number of fused-ring (bicyclic) bond motifs is 12. The fourth-order valence-electron chi connectivity index (χ4n) is 8.91. The van der Waals surface area contributed by atoms with Gasteiger partial charge in [0, 0.05) is 49.3 Å². The first-order valence-corrected chi connectivity index (χ1v) is 19.6. The van der Waals surface area contributed by atoms with Gasteiger partial charge in [0.2, 0.25) is 0 Å². The number of hydrogen-bond acceptors (Lipinski definition) is 3. The largest absolute Gasteiger partial charge is 0.309 e. The molecule has 0 aliphatic heterocycles. The molecule has 0 bridgehead atoms. The number of hydrogen-bond donors (Lipinski definition) is 0. The lowest BCUT2D eigenvalue weighted by molar-refractivity contribution is 1.07. The van der Waals surface area contributed by atoms with E-state index in [2.05, 4.69) is 148 Å². The van der Waals surface area contributed by atoms with Crippen molar-refractivity contribution in [2.45, 2.75) is 0 Å². The van der Waals surface area contributed by atoms with Gasteiger partial charge in [-0.05, 0) is 59.0 Å². The molecule has 0 saturated heterocycles. The van der Waals surface area contributed by atoms with E-state index in [0.717, 1.165) is 33.5 Å². The number of aromatic nitrogens is 5. The maximum atomic E-state index is 5.01. The van der Waals surface area contributed by atoms with Crippen molar-refractivity contribution in [3.63, 3.8) is 0 Å². The van der Waals surface area contributed by atoms with E-state index in [1.165, 1.54) is 59.9 Å². The lowest BCUT2D eigenvalue weighted by Gasteiger charge is -2.13. The summed E-state index contributed by atoms with van der Waals surface area (Å²) in [6.07, 6.45) is 0. The Morgan fingerprint density at radius 2 is 0.862 bits per heavy atom. The third-order valence-corrected chi connectivity index (χ3v) is 11.5. The van der Waals surface area contributed by atoms with Crippen LogP contribution < -0.4 is 0 Å². The van der Waals surface area contributed by atoms with Gasteiger partial charge < -0.3 is 8.97 Å². The SMILES string of the molecule is c1ccc(-c2nc(-c3ccccc3)nc(-c3cccc(-c4cccc(-n5c6ccccc6c6c5ccc5c7ccccc7c7cc8ccccc8n7c56)c4)c3)n2)cc1. The summed E-state index contributed by atoms with van der Waals surface area (Å²) in [5.74, 6) is 1.93. The second kappa shape index (κ2) is 12.8. The topological polar surface area (TPSA) is 48.0 Å². The first-order chi connectivity index (χ1) is 28.8. The van der Waals surface area contributed by atoms with Crippen molar-refractivity contribution in [3.05, 3.63) is 200 Å². The fraction of sp³-hybridized carbons (Fsp3) is 0. The molecule has 4 heterocycles. The third-order valence-electron chi connectivity index (χ3n) is 11.5. The maximum Gasteiger partial charge on any atom is 0.164 e. The maximum absolute atomic E-state index is 5.01. The number of para-hydroxylation sites is 2. The highest BCUT2D eigenvalue weighted by Gasteiger charge is 2.20. The third kappa shape index (κ3) is 5.00. The van der Waals surface area contributed by atoms with Crippen LogP contribution in [0.3, 0.4) is 0 Å². The molecule has 0 spiro atoms. The van der Waals surface area contributed by atoms with Gasteiger partial charge in [0.15, 0.2) is 17.5 Å². The predicted octanol–water partition coefficient (Wildman–Crippen LogP) is 13.3. The zero-order chi connectivity index (χ0) is 38.2. The van der Waals surface area contributed by atoms with E-state index >= 15 is 0 Å². The van der Waals surface area contributed by atoms with E-state index in [-0.39, 0.29) is 0 Å². The van der Waals surface area contributed by atoms with E-state index in [4.69, 9.17) is 15.0 Å². The molecule has 5 nitrogen and oxygen atoms in total. The number of benzene rings is 8. The summed E-state index contributed by atoms with van der Waals surface area (Å²) in [5.41, 5.74) is 12.1. The Balaban J connectivity index is 1.05. The van der Waals surface area contributed by atoms with Crippen molar-refractivity contribution in [3.8, 4) is 51.0 Å². The average molecular weight is 740 g/mol. The zero-order valence-electron chi connectivity index (χ0n) is 31.3. The Labute approximate surface area is 333 Å². The molecule has 12 rings (SSSR count). The summed E-state index contributed by atoms with van der Waals surface area (Å²) in [6, 6.07) is 71.0. The minimum Gasteiger partial charge on any atom is -0.309 e. The van der Waals surface area contributed by atoms with Crippen molar-refractivity contribution >= 4 is 59.9 Å². The molecule has 0 fully saturated rings. The molecule has 0 radical (unpaired) electrons. The van der Waals surface area contributed by atoms with Gasteiger partial charge >= 0.3 is 0 Å². The van der Waals surface area contributed by atoms with Gasteiger partial charge in [0.25, 0.3) is 0 Å². The summed E-state index contributed by atoms with van der Waals surface area (Å²) < 4.78 is 4.91. The molecule has 0 aliphatic carbocycles. The minimum absolute atomic E-state index is 0.636. The molecule has 0 amide bonds. The summed E-state index contributed by atoms with van der Waals surface area (Å²) in [4.78, 5) is 14.9. The van der Waals surface area contributed by atoms with Crippen LogP contribution in [-0.2, 0) is 0 Å². The van der Waals surface area contributed by atoms with Crippen molar-refractivity contribution in [2.75, 3.05) is 0 Å². The summed E-state index contributed by atoms with van der Waals surface area (Å²) in [7, 11) is 0. The van der Waals surface area contributed by atoms with Crippen LogP contribution in [0.4, 0.5) is 0 Å². The first kappa shape index (κ1) is 32.4. The number of nitrogens with zero attached hydrogens (tertiary/aromatic N) is 5. The summed E-state index contributed by atoms with van der Waals surface area (Å²) >= 11 is 0. The Morgan fingerprint density at radius 1 is 0.310 bits per heavy atom. The van der Waals surface area contributed by atoms with Crippen LogP contribution >= 0.6 is 0 Å². The molecule has 12 aromatic rings. The Hall–Kier alpha value is -7.89. The molecule has 0 atom stereocenters. The quantitative estimate of drug-likeness (QED) is 0.165. The lowest BCUT2D eigenvalue weighted by atomic mass is 10.0. The first-order valence-electron chi connectivity index (χ1n) is 19.6. The highest BCUT2D eigenvalue weighted by Crippen LogP contribution is 2.42. The lowest BCUT2D eigenvalue weighted by Crippen LogP contribution is -2.00. The smallest absolute Gasteiger partial charge is 0.164 e. The van der Waals surface area contributed by atoms with Crippen LogP contribution in [0.1, 0.15) is 0 Å². The van der Waals surface area contributed by atoms with E-state index in [0.29, 0.717) is 17.5 Å². The average Bonchev–Trinajstić information content (AvgIpc) is 3.86. The van der Waals surface area contributed by atoms with E-state index < -0.39 is 0 Å². The minimum atomic E-state index is 0.636. The highest BCUT2D eigenvalue weighted by atomic mass is 15.0. The molecule has 4 aromatic heterocycles. The van der Waals surface area contributed by atoms with E-state index in [1.54, 1.807) is 0 Å². The van der Waals surface area contributed by atoms with Crippen molar-refractivity contribution in [1.29, 1.82) is 0 Å². The second-order valence-electron chi connectivity index (χ2n) is 14.8. The predicted molar refractivity (Wildman–Crippen MR) is 239 cm³/mol. The van der Waals surface area contributed by atoms with Crippen molar-refractivity contribution in [1.82, 2.24) is 23.9 Å². The van der Waals surface area contributed by atoms with Gasteiger partial charge in [-0.25, -0.2) is 15.0 Å². The standard InChI is InChI=1S/C53H33N5/c1-3-15-34(16-4-1)51-54-52(35-17-5-2-6-18-35)56-53(55-51)39-22-13-20-36(31-39)37-21-14-23-40(32-37)57-46-28-12-10-26-44(46)49-47(57)30-29-43-41-24-8-9-25-42(41)48-33-38-19-7-11-27-45(38)58(48)50(43)49/h1-33H. The van der Waals surface area contributed by atoms with Crippen LogP contribution in [0.5, 0.6) is 0 Å². The van der Waals surface area contributed by atoms with Gasteiger partial charge in [0.05, 0.1) is 27.6 Å². The molecular weight excluding hydrogens is 707 g/mol. The number of pyridine rings is 1. The van der Waals surface area contributed by atoms with Crippen LogP contribution in [0.2, 0.25) is 0 Å². The van der Waals surface area contributed by atoms with E-state index in [1.807, 2.05) is 60.7 Å². The Morgan fingerprint density at radius 3 is 1.60 bits per heavy atom. The molecule has 0 saturated carbocycles. The molecule has 5 heteroatoms.